The van der Waals surface area contributed by atoms with E-state index in [0.717, 1.165) is 25.0 Å². The molecular formula is C17H22ClNO. The number of aryl methyl sites for hydroxylation is 2. The summed E-state index contributed by atoms with van der Waals surface area (Å²) >= 11 is 0. The van der Waals surface area contributed by atoms with Crippen molar-refractivity contribution < 1.29 is 4.74 Å². The second kappa shape index (κ2) is 9.40. The Hall–Kier alpha value is -1.51. The number of nitrogens with two attached hydrogens (primary N) is 1. The van der Waals surface area contributed by atoms with Gasteiger partial charge in [0.1, 0.15) is 5.75 Å². The van der Waals surface area contributed by atoms with Gasteiger partial charge in [-0.2, -0.15) is 0 Å². The molecule has 0 radical (unpaired) electrons. The molecule has 0 aliphatic rings. The molecule has 2 aromatic rings. The summed E-state index contributed by atoms with van der Waals surface area (Å²) in [6.45, 7) is 1.37. The van der Waals surface area contributed by atoms with Crippen molar-refractivity contribution in [2.75, 3.05) is 13.2 Å². The number of halogens is 1. The fourth-order valence-electron chi connectivity index (χ4n) is 2.04. The van der Waals surface area contributed by atoms with E-state index in [0.29, 0.717) is 13.2 Å². The number of hydrogen-bond donors (Lipinski definition) is 1. The van der Waals surface area contributed by atoms with Gasteiger partial charge in [-0.15, -0.1) is 12.4 Å². The van der Waals surface area contributed by atoms with Gasteiger partial charge in [-0.25, -0.2) is 0 Å². The SMILES string of the molecule is Cl.NCCCOc1ccccc1CCc1ccccc1. The first-order valence-electron chi connectivity index (χ1n) is 6.85. The third-order valence-electron chi connectivity index (χ3n) is 3.10. The first-order chi connectivity index (χ1) is 9.40. The Morgan fingerprint density at radius 2 is 1.55 bits per heavy atom. The van der Waals surface area contributed by atoms with Crippen LogP contribution in [0.4, 0.5) is 0 Å². The van der Waals surface area contributed by atoms with Gasteiger partial charge in [-0.1, -0.05) is 48.5 Å². The van der Waals surface area contributed by atoms with E-state index in [1.54, 1.807) is 0 Å². The molecule has 108 valence electrons. The monoisotopic (exact) mass is 291 g/mol. The van der Waals surface area contributed by atoms with Crippen LogP contribution in [0.2, 0.25) is 0 Å². The van der Waals surface area contributed by atoms with Gasteiger partial charge in [0.05, 0.1) is 6.61 Å². The summed E-state index contributed by atoms with van der Waals surface area (Å²) in [5.74, 6) is 0.992. The Bertz CT molecular complexity index is 487. The van der Waals surface area contributed by atoms with Crippen molar-refractivity contribution in [3.8, 4) is 5.75 Å². The highest BCUT2D eigenvalue weighted by atomic mass is 35.5. The Morgan fingerprint density at radius 3 is 2.30 bits per heavy atom. The highest BCUT2D eigenvalue weighted by Gasteiger charge is 2.03. The highest BCUT2D eigenvalue weighted by Crippen LogP contribution is 2.20. The Kier molecular flexibility index (Phi) is 7.78. The fourth-order valence-corrected chi connectivity index (χ4v) is 2.04. The molecular weight excluding hydrogens is 270 g/mol. The van der Waals surface area contributed by atoms with Crippen molar-refractivity contribution in [2.24, 2.45) is 5.73 Å². The van der Waals surface area contributed by atoms with Crippen LogP contribution in [-0.2, 0) is 12.8 Å². The summed E-state index contributed by atoms with van der Waals surface area (Å²) in [6, 6.07) is 18.8. The first-order valence-corrected chi connectivity index (χ1v) is 6.85. The lowest BCUT2D eigenvalue weighted by Crippen LogP contribution is -2.07. The molecule has 0 amide bonds. The van der Waals surface area contributed by atoms with Gasteiger partial charge in [-0.3, -0.25) is 0 Å². The van der Waals surface area contributed by atoms with E-state index in [4.69, 9.17) is 10.5 Å². The van der Waals surface area contributed by atoms with Crippen LogP contribution < -0.4 is 10.5 Å². The average Bonchev–Trinajstić information content (AvgIpc) is 2.48. The van der Waals surface area contributed by atoms with E-state index in [1.165, 1.54) is 11.1 Å². The number of benzene rings is 2. The van der Waals surface area contributed by atoms with Crippen LogP contribution >= 0.6 is 12.4 Å². The molecule has 3 heteroatoms. The average molecular weight is 292 g/mol. The van der Waals surface area contributed by atoms with Crippen LogP contribution in [-0.4, -0.2) is 13.2 Å². The van der Waals surface area contributed by atoms with Crippen molar-refractivity contribution in [1.29, 1.82) is 0 Å². The molecule has 2 nitrogen and oxygen atoms in total. The minimum Gasteiger partial charge on any atom is -0.493 e. The van der Waals surface area contributed by atoms with E-state index in [1.807, 2.05) is 18.2 Å². The Balaban J connectivity index is 0.00000200. The molecule has 0 unspecified atom stereocenters. The van der Waals surface area contributed by atoms with Crippen molar-refractivity contribution in [1.82, 2.24) is 0 Å². The molecule has 0 aliphatic heterocycles. The molecule has 0 heterocycles. The maximum absolute atomic E-state index is 5.79. The summed E-state index contributed by atoms with van der Waals surface area (Å²) in [4.78, 5) is 0. The molecule has 2 N–H and O–H groups in total. The minimum absolute atomic E-state index is 0. The Morgan fingerprint density at radius 1 is 0.850 bits per heavy atom. The highest BCUT2D eigenvalue weighted by molar-refractivity contribution is 5.85. The summed E-state index contributed by atoms with van der Waals surface area (Å²) in [6.07, 6.45) is 2.94. The predicted molar refractivity (Wildman–Crippen MR) is 86.7 cm³/mol. The lowest BCUT2D eigenvalue weighted by Gasteiger charge is -2.11. The second-order valence-electron chi connectivity index (χ2n) is 4.58. The second-order valence-corrected chi connectivity index (χ2v) is 4.58. The van der Waals surface area contributed by atoms with Crippen LogP contribution in [0, 0.1) is 0 Å². The molecule has 2 aromatic carbocycles. The zero-order valence-electron chi connectivity index (χ0n) is 11.6. The van der Waals surface area contributed by atoms with E-state index >= 15 is 0 Å². The number of ether oxygens (including phenoxy) is 1. The van der Waals surface area contributed by atoms with Crippen LogP contribution in [0.1, 0.15) is 17.5 Å². The molecule has 0 aliphatic carbocycles. The quantitative estimate of drug-likeness (QED) is 0.791. The predicted octanol–water partition coefficient (Wildman–Crippen LogP) is 3.62. The molecule has 0 saturated carbocycles. The van der Waals surface area contributed by atoms with E-state index in [-0.39, 0.29) is 12.4 Å². The van der Waals surface area contributed by atoms with Crippen molar-refractivity contribution in [3.05, 3.63) is 65.7 Å². The van der Waals surface area contributed by atoms with Crippen molar-refractivity contribution >= 4 is 12.4 Å². The summed E-state index contributed by atoms with van der Waals surface area (Å²) < 4.78 is 5.79. The molecule has 0 fully saturated rings. The molecule has 0 aromatic heterocycles. The third kappa shape index (κ3) is 5.24. The van der Waals surface area contributed by atoms with Gasteiger partial charge in [0.15, 0.2) is 0 Å². The molecule has 0 bridgehead atoms. The summed E-state index contributed by atoms with van der Waals surface area (Å²) in [5.41, 5.74) is 8.11. The van der Waals surface area contributed by atoms with Crippen LogP contribution in [0.25, 0.3) is 0 Å². The third-order valence-corrected chi connectivity index (χ3v) is 3.10. The molecule has 0 atom stereocenters. The summed E-state index contributed by atoms with van der Waals surface area (Å²) in [7, 11) is 0. The van der Waals surface area contributed by atoms with Crippen LogP contribution in [0.5, 0.6) is 5.75 Å². The smallest absolute Gasteiger partial charge is 0.122 e. The summed E-state index contributed by atoms with van der Waals surface area (Å²) in [5, 5.41) is 0. The number of hydrogen-bond acceptors (Lipinski definition) is 2. The lowest BCUT2D eigenvalue weighted by molar-refractivity contribution is 0.310. The van der Waals surface area contributed by atoms with Gasteiger partial charge in [-0.05, 0) is 43.0 Å². The molecule has 0 spiro atoms. The minimum atomic E-state index is 0. The van der Waals surface area contributed by atoms with E-state index < -0.39 is 0 Å². The number of para-hydroxylation sites is 1. The fraction of sp³-hybridized carbons (Fsp3) is 0.294. The zero-order valence-corrected chi connectivity index (χ0v) is 12.4. The van der Waals surface area contributed by atoms with Gasteiger partial charge in [0.2, 0.25) is 0 Å². The molecule has 20 heavy (non-hydrogen) atoms. The lowest BCUT2D eigenvalue weighted by atomic mass is 10.0. The normalized spacial score (nSPS) is 9.85. The van der Waals surface area contributed by atoms with Gasteiger partial charge in [0, 0.05) is 0 Å². The standard InChI is InChI=1S/C17H21NO.ClH/c18-13-6-14-19-17-10-5-4-9-16(17)12-11-15-7-2-1-3-8-15;/h1-5,7-10H,6,11-14,18H2;1H. The van der Waals surface area contributed by atoms with Crippen LogP contribution in [0.3, 0.4) is 0 Å². The zero-order chi connectivity index (χ0) is 13.3. The van der Waals surface area contributed by atoms with E-state index in [9.17, 15) is 0 Å². The van der Waals surface area contributed by atoms with Gasteiger partial charge >= 0.3 is 0 Å². The number of rotatable bonds is 7. The molecule has 2 rings (SSSR count). The maximum Gasteiger partial charge on any atom is 0.122 e. The van der Waals surface area contributed by atoms with Crippen molar-refractivity contribution in [2.45, 2.75) is 19.3 Å². The maximum atomic E-state index is 5.79. The largest absolute Gasteiger partial charge is 0.493 e. The molecule has 0 saturated heterocycles. The Labute approximate surface area is 127 Å². The van der Waals surface area contributed by atoms with E-state index in [2.05, 4.69) is 36.4 Å². The van der Waals surface area contributed by atoms with Gasteiger partial charge < -0.3 is 10.5 Å². The first kappa shape index (κ1) is 16.5. The van der Waals surface area contributed by atoms with Crippen LogP contribution in [0.15, 0.2) is 54.6 Å². The van der Waals surface area contributed by atoms with Gasteiger partial charge in [0.25, 0.3) is 0 Å². The topological polar surface area (TPSA) is 35.2 Å². The van der Waals surface area contributed by atoms with Crippen molar-refractivity contribution in [3.63, 3.8) is 0 Å².